The largest absolute Gasteiger partial charge is 0.397 e. The van der Waals surface area contributed by atoms with Gasteiger partial charge in [0.05, 0.1) is 22.5 Å². The summed E-state index contributed by atoms with van der Waals surface area (Å²) >= 11 is 0. The molecule has 0 saturated heterocycles. The lowest BCUT2D eigenvalue weighted by Gasteiger charge is -2.17. The van der Waals surface area contributed by atoms with Crippen LogP contribution in [0.25, 0.3) is 0 Å². The Morgan fingerprint density at radius 2 is 1.38 bits per heavy atom. The van der Waals surface area contributed by atoms with Crippen LogP contribution >= 0.6 is 0 Å². The van der Waals surface area contributed by atoms with Gasteiger partial charge in [-0.2, -0.15) is 0 Å². The standard InChI is InChI=1S/C17H16N2O2/c1-9-4-7-12(18)13(8-9)19-16(20)14-10(2)5-6-11(3)15(14)17(19)21/h4-8H,18H2,1-3H3. The number of hydrogen-bond donors (Lipinski definition) is 1. The first-order valence-corrected chi connectivity index (χ1v) is 6.77. The summed E-state index contributed by atoms with van der Waals surface area (Å²) in [5, 5.41) is 0. The molecule has 0 spiro atoms. The predicted molar refractivity (Wildman–Crippen MR) is 82.6 cm³/mol. The highest BCUT2D eigenvalue weighted by Gasteiger charge is 2.39. The van der Waals surface area contributed by atoms with Crippen LogP contribution in [0.2, 0.25) is 0 Å². The molecule has 1 heterocycles. The van der Waals surface area contributed by atoms with E-state index in [0.717, 1.165) is 16.7 Å². The zero-order valence-corrected chi connectivity index (χ0v) is 12.2. The number of imide groups is 1. The van der Waals surface area contributed by atoms with E-state index in [0.29, 0.717) is 22.5 Å². The second kappa shape index (κ2) is 4.45. The molecule has 0 saturated carbocycles. The van der Waals surface area contributed by atoms with E-state index >= 15 is 0 Å². The fourth-order valence-electron chi connectivity index (χ4n) is 2.74. The van der Waals surface area contributed by atoms with Gasteiger partial charge in [0.2, 0.25) is 0 Å². The second-order valence-corrected chi connectivity index (χ2v) is 5.46. The van der Waals surface area contributed by atoms with Gasteiger partial charge in [-0.25, -0.2) is 4.90 Å². The van der Waals surface area contributed by atoms with Crippen LogP contribution in [0.5, 0.6) is 0 Å². The summed E-state index contributed by atoms with van der Waals surface area (Å²) in [6.45, 7) is 5.58. The van der Waals surface area contributed by atoms with Crippen molar-refractivity contribution >= 4 is 23.2 Å². The monoisotopic (exact) mass is 280 g/mol. The molecule has 106 valence electrons. The summed E-state index contributed by atoms with van der Waals surface area (Å²) in [5.74, 6) is -0.595. The maximum absolute atomic E-state index is 12.7. The van der Waals surface area contributed by atoms with Gasteiger partial charge in [0.1, 0.15) is 0 Å². The molecule has 2 N–H and O–H groups in total. The minimum atomic E-state index is -0.298. The van der Waals surface area contributed by atoms with Gasteiger partial charge in [-0.15, -0.1) is 0 Å². The lowest BCUT2D eigenvalue weighted by Crippen LogP contribution is -2.30. The predicted octanol–water partition coefficient (Wildman–Crippen LogP) is 2.99. The molecule has 1 aliphatic heterocycles. The Labute approximate surface area is 123 Å². The number of carbonyl (C=O) groups excluding carboxylic acids is 2. The molecule has 4 heteroatoms. The average molecular weight is 280 g/mol. The Balaban J connectivity index is 2.23. The van der Waals surface area contributed by atoms with E-state index in [9.17, 15) is 9.59 Å². The molecule has 4 nitrogen and oxygen atoms in total. The van der Waals surface area contributed by atoms with Gasteiger partial charge in [-0.05, 0) is 49.6 Å². The number of benzene rings is 2. The molecule has 3 rings (SSSR count). The van der Waals surface area contributed by atoms with Crippen molar-refractivity contribution in [1.82, 2.24) is 0 Å². The van der Waals surface area contributed by atoms with Crippen molar-refractivity contribution in [2.75, 3.05) is 10.6 Å². The quantitative estimate of drug-likeness (QED) is 0.645. The Bertz CT molecular complexity index is 753. The summed E-state index contributed by atoms with van der Waals surface area (Å²) < 4.78 is 0. The van der Waals surface area contributed by atoms with Gasteiger partial charge >= 0.3 is 0 Å². The van der Waals surface area contributed by atoms with E-state index in [1.807, 2.05) is 39.0 Å². The molecule has 2 aromatic rings. The first-order chi connectivity index (χ1) is 9.91. The van der Waals surface area contributed by atoms with E-state index < -0.39 is 0 Å². The number of aryl methyl sites for hydroxylation is 3. The van der Waals surface area contributed by atoms with Crippen molar-refractivity contribution < 1.29 is 9.59 Å². The van der Waals surface area contributed by atoms with Crippen LogP contribution in [0, 0.1) is 20.8 Å². The van der Waals surface area contributed by atoms with Gasteiger partial charge < -0.3 is 5.73 Å². The summed E-state index contributed by atoms with van der Waals surface area (Å²) in [5.41, 5.74) is 10.4. The smallest absolute Gasteiger partial charge is 0.266 e. The van der Waals surface area contributed by atoms with Crippen LogP contribution in [0.15, 0.2) is 30.3 Å². The van der Waals surface area contributed by atoms with Crippen LogP contribution in [-0.4, -0.2) is 11.8 Å². The molecule has 2 amide bonds. The second-order valence-electron chi connectivity index (χ2n) is 5.46. The fourth-order valence-corrected chi connectivity index (χ4v) is 2.74. The van der Waals surface area contributed by atoms with E-state index in [1.54, 1.807) is 12.1 Å². The lowest BCUT2D eigenvalue weighted by molar-refractivity contribution is 0.0926. The molecule has 0 bridgehead atoms. The molecule has 0 aromatic heterocycles. The van der Waals surface area contributed by atoms with Gasteiger partial charge in [0, 0.05) is 0 Å². The van der Waals surface area contributed by atoms with Crippen molar-refractivity contribution in [3.8, 4) is 0 Å². The van der Waals surface area contributed by atoms with Gasteiger partial charge in [0.25, 0.3) is 11.8 Å². The molecule has 0 radical (unpaired) electrons. The number of nitrogens with zero attached hydrogens (tertiary/aromatic N) is 1. The molecule has 0 atom stereocenters. The molecule has 21 heavy (non-hydrogen) atoms. The Hall–Kier alpha value is -2.62. The van der Waals surface area contributed by atoms with E-state index in [1.165, 1.54) is 4.90 Å². The highest BCUT2D eigenvalue weighted by atomic mass is 16.2. The normalized spacial score (nSPS) is 13.8. The van der Waals surface area contributed by atoms with Crippen LogP contribution in [0.1, 0.15) is 37.4 Å². The van der Waals surface area contributed by atoms with E-state index in [-0.39, 0.29) is 11.8 Å². The number of amides is 2. The fraction of sp³-hybridized carbons (Fsp3) is 0.176. The molecular formula is C17H16N2O2. The number of rotatable bonds is 1. The minimum absolute atomic E-state index is 0.298. The summed E-state index contributed by atoms with van der Waals surface area (Å²) in [6.07, 6.45) is 0. The third-order valence-electron chi connectivity index (χ3n) is 3.88. The Morgan fingerprint density at radius 3 is 1.90 bits per heavy atom. The number of carbonyl (C=O) groups is 2. The van der Waals surface area contributed by atoms with Crippen LogP contribution in [-0.2, 0) is 0 Å². The first-order valence-electron chi connectivity index (χ1n) is 6.77. The van der Waals surface area contributed by atoms with Crippen LogP contribution < -0.4 is 10.6 Å². The molecule has 0 unspecified atom stereocenters. The Morgan fingerprint density at radius 1 is 0.857 bits per heavy atom. The van der Waals surface area contributed by atoms with E-state index in [2.05, 4.69) is 0 Å². The highest BCUT2D eigenvalue weighted by Crippen LogP contribution is 2.35. The third-order valence-corrected chi connectivity index (χ3v) is 3.88. The minimum Gasteiger partial charge on any atom is -0.397 e. The lowest BCUT2D eigenvalue weighted by atomic mass is 9.99. The molecule has 0 fully saturated rings. The average Bonchev–Trinajstić information content (AvgIpc) is 2.70. The maximum Gasteiger partial charge on any atom is 0.266 e. The molecular weight excluding hydrogens is 264 g/mol. The van der Waals surface area contributed by atoms with Gasteiger partial charge in [0.15, 0.2) is 0 Å². The van der Waals surface area contributed by atoms with Crippen molar-refractivity contribution in [2.45, 2.75) is 20.8 Å². The van der Waals surface area contributed by atoms with Crippen molar-refractivity contribution in [1.29, 1.82) is 0 Å². The van der Waals surface area contributed by atoms with Crippen molar-refractivity contribution in [2.24, 2.45) is 0 Å². The summed E-state index contributed by atoms with van der Waals surface area (Å²) in [7, 11) is 0. The molecule has 2 aromatic carbocycles. The SMILES string of the molecule is Cc1ccc(N)c(N2C(=O)c3c(C)ccc(C)c3C2=O)c1. The number of hydrogen-bond acceptors (Lipinski definition) is 3. The van der Waals surface area contributed by atoms with Crippen molar-refractivity contribution in [3.63, 3.8) is 0 Å². The van der Waals surface area contributed by atoms with Gasteiger partial charge in [-0.3, -0.25) is 9.59 Å². The number of nitrogen functional groups attached to an aromatic ring is 1. The van der Waals surface area contributed by atoms with E-state index in [4.69, 9.17) is 5.73 Å². The van der Waals surface area contributed by atoms with Crippen LogP contribution in [0.4, 0.5) is 11.4 Å². The first kappa shape index (κ1) is 13.4. The summed E-state index contributed by atoms with van der Waals surface area (Å²) in [6, 6.07) is 9.06. The maximum atomic E-state index is 12.7. The Kier molecular flexibility index (Phi) is 2.83. The number of nitrogens with two attached hydrogens (primary N) is 1. The number of fused-ring (bicyclic) bond motifs is 1. The number of anilines is 2. The third kappa shape index (κ3) is 1.83. The van der Waals surface area contributed by atoms with Gasteiger partial charge in [-0.1, -0.05) is 18.2 Å². The van der Waals surface area contributed by atoms with Crippen molar-refractivity contribution in [3.05, 3.63) is 58.1 Å². The molecule has 1 aliphatic rings. The topological polar surface area (TPSA) is 63.4 Å². The zero-order valence-electron chi connectivity index (χ0n) is 12.2. The molecule has 0 aliphatic carbocycles. The highest BCUT2D eigenvalue weighted by molar-refractivity contribution is 6.36. The zero-order chi connectivity index (χ0) is 15.3. The summed E-state index contributed by atoms with van der Waals surface area (Å²) in [4.78, 5) is 26.6. The van der Waals surface area contributed by atoms with Crippen LogP contribution in [0.3, 0.4) is 0 Å².